The van der Waals surface area contributed by atoms with Gasteiger partial charge in [-0.25, -0.2) is 0 Å². The highest BCUT2D eigenvalue weighted by atomic mass is 19.4. The molecule has 0 spiro atoms. The topological polar surface area (TPSA) is 93.4 Å². The van der Waals surface area contributed by atoms with E-state index < -0.39 is 24.7 Å². The molecule has 144 valence electrons. The Kier molecular flexibility index (Phi) is 6.27. The Balaban J connectivity index is 1.89. The summed E-state index contributed by atoms with van der Waals surface area (Å²) < 4.78 is 41.0. The Morgan fingerprint density at radius 3 is 2.11 bits per heavy atom. The summed E-state index contributed by atoms with van der Waals surface area (Å²) in [4.78, 5) is 23.2. The van der Waals surface area contributed by atoms with Gasteiger partial charge in [0.15, 0.2) is 6.61 Å². The van der Waals surface area contributed by atoms with E-state index in [9.17, 15) is 22.8 Å². The van der Waals surface area contributed by atoms with Crippen LogP contribution in [0.15, 0.2) is 48.5 Å². The number of carbonyl (C=O) groups is 2. The lowest BCUT2D eigenvalue weighted by molar-refractivity contribution is -0.153. The molecule has 1 unspecified atom stereocenters. The number of hydrogen-bond donors (Lipinski definition) is 3. The van der Waals surface area contributed by atoms with E-state index in [1.807, 2.05) is 0 Å². The van der Waals surface area contributed by atoms with Gasteiger partial charge in [0.1, 0.15) is 11.8 Å². The van der Waals surface area contributed by atoms with E-state index in [-0.39, 0.29) is 11.7 Å². The van der Waals surface area contributed by atoms with E-state index >= 15 is 0 Å². The van der Waals surface area contributed by atoms with E-state index in [4.69, 9.17) is 5.73 Å². The van der Waals surface area contributed by atoms with E-state index in [1.54, 1.807) is 19.1 Å². The first kappa shape index (κ1) is 20.1. The molecule has 0 aliphatic carbocycles. The zero-order chi connectivity index (χ0) is 20.0. The third-order valence-corrected chi connectivity index (χ3v) is 3.47. The molecule has 0 heterocycles. The van der Waals surface area contributed by atoms with Crippen molar-refractivity contribution in [2.45, 2.75) is 19.1 Å². The monoisotopic (exact) mass is 381 g/mol. The minimum atomic E-state index is -4.40. The summed E-state index contributed by atoms with van der Waals surface area (Å²) in [7, 11) is 0. The van der Waals surface area contributed by atoms with Crippen LogP contribution >= 0.6 is 0 Å². The van der Waals surface area contributed by atoms with Crippen LogP contribution in [-0.2, 0) is 4.79 Å². The number of carbonyl (C=O) groups excluding carboxylic acids is 2. The molecular formula is C18H18F3N3O3. The third-order valence-electron chi connectivity index (χ3n) is 3.47. The van der Waals surface area contributed by atoms with Crippen molar-refractivity contribution in [3.05, 3.63) is 54.1 Å². The number of anilines is 2. The maximum Gasteiger partial charge on any atom is 0.422 e. The largest absolute Gasteiger partial charge is 0.484 e. The maximum absolute atomic E-state index is 12.2. The molecule has 2 aromatic rings. The minimum Gasteiger partial charge on any atom is -0.484 e. The van der Waals surface area contributed by atoms with E-state index in [0.717, 1.165) is 0 Å². The Hall–Kier alpha value is -3.23. The fraction of sp³-hybridized carbons (Fsp3) is 0.222. The molecule has 0 saturated heterocycles. The number of amides is 2. The van der Waals surface area contributed by atoms with Gasteiger partial charge in [-0.15, -0.1) is 0 Å². The highest BCUT2D eigenvalue weighted by molar-refractivity contribution is 5.97. The van der Waals surface area contributed by atoms with Gasteiger partial charge in [-0.05, 0) is 55.5 Å². The molecule has 9 heteroatoms. The van der Waals surface area contributed by atoms with Gasteiger partial charge in [0, 0.05) is 16.9 Å². The van der Waals surface area contributed by atoms with Crippen LogP contribution in [0, 0.1) is 0 Å². The summed E-state index contributed by atoms with van der Waals surface area (Å²) in [6.45, 7) is 0.258. The quantitative estimate of drug-likeness (QED) is 0.687. The first-order chi connectivity index (χ1) is 12.6. The van der Waals surface area contributed by atoms with Crippen LogP contribution < -0.4 is 21.1 Å². The zero-order valence-electron chi connectivity index (χ0n) is 14.3. The molecule has 0 aliphatic rings. The molecule has 0 bridgehead atoms. The average molecular weight is 381 g/mol. The second-order valence-electron chi connectivity index (χ2n) is 5.73. The Morgan fingerprint density at radius 2 is 1.59 bits per heavy atom. The lowest BCUT2D eigenvalue weighted by Crippen LogP contribution is -2.31. The van der Waals surface area contributed by atoms with Crippen molar-refractivity contribution in [1.29, 1.82) is 0 Å². The maximum atomic E-state index is 12.2. The van der Waals surface area contributed by atoms with Gasteiger partial charge in [0.05, 0.1) is 0 Å². The van der Waals surface area contributed by atoms with Gasteiger partial charge in [0.2, 0.25) is 11.8 Å². The number of halogens is 3. The number of rotatable bonds is 7. The molecular weight excluding hydrogens is 363 g/mol. The number of alkyl halides is 3. The normalized spacial score (nSPS) is 12.1. The van der Waals surface area contributed by atoms with Gasteiger partial charge in [0.25, 0.3) is 0 Å². The summed E-state index contributed by atoms with van der Waals surface area (Å²) in [6.07, 6.45) is -4.40. The number of benzene rings is 2. The number of hydrogen-bond acceptors (Lipinski definition) is 4. The van der Waals surface area contributed by atoms with Crippen LogP contribution in [0.2, 0.25) is 0 Å². The molecule has 0 saturated carbocycles. The van der Waals surface area contributed by atoms with Crippen molar-refractivity contribution in [2.24, 2.45) is 5.73 Å². The minimum absolute atomic E-state index is 0.0736. The molecule has 6 nitrogen and oxygen atoms in total. The van der Waals surface area contributed by atoms with Crippen molar-refractivity contribution in [3.63, 3.8) is 0 Å². The number of ether oxygens (including phenoxy) is 1. The number of nitrogens with two attached hydrogens (primary N) is 1. The summed E-state index contributed by atoms with van der Waals surface area (Å²) in [5.74, 6) is -0.825. The average Bonchev–Trinajstić information content (AvgIpc) is 2.61. The first-order valence-electron chi connectivity index (χ1n) is 7.91. The predicted octanol–water partition coefficient (Wildman–Crippen LogP) is 3.17. The molecule has 0 fully saturated rings. The molecule has 4 N–H and O–H groups in total. The van der Waals surface area contributed by atoms with Crippen molar-refractivity contribution in [3.8, 4) is 5.75 Å². The number of nitrogens with one attached hydrogen (secondary N) is 2. The summed E-state index contributed by atoms with van der Waals surface area (Å²) in [5, 5.41) is 5.60. The molecule has 2 aromatic carbocycles. The van der Waals surface area contributed by atoms with Crippen LogP contribution in [-0.4, -0.2) is 30.6 Å². The fourth-order valence-corrected chi connectivity index (χ4v) is 2.10. The first-order valence-corrected chi connectivity index (χ1v) is 7.91. The van der Waals surface area contributed by atoms with E-state index in [0.29, 0.717) is 16.9 Å². The summed E-state index contributed by atoms with van der Waals surface area (Å²) in [5.41, 5.74) is 6.51. The van der Waals surface area contributed by atoms with E-state index in [2.05, 4.69) is 15.4 Å². The molecule has 1 atom stereocenters. The molecule has 0 aliphatic heterocycles. The number of primary amides is 1. The molecule has 27 heavy (non-hydrogen) atoms. The smallest absolute Gasteiger partial charge is 0.422 e. The van der Waals surface area contributed by atoms with Crippen molar-refractivity contribution in [2.75, 3.05) is 17.2 Å². The molecule has 0 radical (unpaired) electrons. The SMILES string of the molecule is CC(Nc1ccc(OCC(F)(F)F)cc1)C(=O)Nc1ccc(C(N)=O)cc1. The van der Waals surface area contributed by atoms with Gasteiger partial charge >= 0.3 is 6.18 Å². The van der Waals surface area contributed by atoms with Crippen LogP contribution in [0.3, 0.4) is 0 Å². The zero-order valence-corrected chi connectivity index (χ0v) is 14.3. The highest BCUT2D eigenvalue weighted by Gasteiger charge is 2.28. The van der Waals surface area contributed by atoms with E-state index in [1.165, 1.54) is 36.4 Å². The van der Waals surface area contributed by atoms with Crippen LogP contribution in [0.4, 0.5) is 24.5 Å². The van der Waals surface area contributed by atoms with Crippen LogP contribution in [0.1, 0.15) is 17.3 Å². The van der Waals surface area contributed by atoms with Gasteiger partial charge in [-0.2, -0.15) is 13.2 Å². The van der Waals surface area contributed by atoms with Crippen molar-refractivity contribution < 1.29 is 27.5 Å². The highest BCUT2D eigenvalue weighted by Crippen LogP contribution is 2.20. The Labute approximate surface area is 153 Å². The Morgan fingerprint density at radius 1 is 1.04 bits per heavy atom. The lowest BCUT2D eigenvalue weighted by Gasteiger charge is -2.16. The van der Waals surface area contributed by atoms with Gasteiger partial charge < -0.3 is 21.1 Å². The fourth-order valence-electron chi connectivity index (χ4n) is 2.10. The van der Waals surface area contributed by atoms with Gasteiger partial charge in [-0.3, -0.25) is 9.59 Å². The Bertz CT molecular complexity index is 790. The second-order valence-corrected chi connectivity index (χ2v) is 5.73. The molecule has 0 aromatic heterocycles. The van der Waals surface area contributed by atoms with Crippen LogP contribution in [0.25, 0.3) is 0 Å². The third kappa shape index (κ3) is 6.53. The standard InChI is InChI=1S/C18H18F3N3O3/c1-11(17(26)24-14-4-2-12(3-5-14)16(22)25)23-13-6-8-15(9-7-13)27-10-18(19,20)21/h2-9,11,23H,10H2,1H3,(H2,22,25)(H,24,26). The summed E-state index contributed by atoms with van der Waals surface area (Å²) in [6, 6.07) is 11.2. The lowest BCUT2D eigenvalue weighted by atomic mass is 10.2. The predicted molar refractivity (Wildman–Crippen MR) is 94.7 cm³/mol. The van der Waals surface area contributed by atoms with Crippen molar-refractivity contribution in [1.82, 2.24) is 0 Å². The summed E-state index contributed by atoms with van der Waals surface area (Å²) >= 11 is 0. The molecule has 2 amide bonds. The van der Waals surface area contributed by atoms with Crippen molar-refractivity contribution >= 4 is 23.2 Å². The molecule has 2 rings (SSSR count). The van der Waals surface area contributed by atoms with Gasteiger partial charge in [-0.1, -0.05) is 0 Å². The van der Waals surface area contributed by atoms with Crippen LogP contribution in [0.5, 0.6) is 5.75 Å². The second kappa shape index (κ2) is 8.43.